The zero-order chi connectivity index (χ0) is 18.4. The molecule has 10 heteroatoms. The molecule has 1 atom stereocenters. The minimum atomic E-state index is -3.71. The van der Waals surface area contributed by atoms with Crippen LogP contribution in [-0.4, -0.2) is 61.5 Å². The zero-order valence-electron chi connectivity index (χ0n) is 13.5. The van der Waals surface area contributed by atoms with E-state index in [1.807, 2.05) is 0 Å². The van der Waals surface area contributed by atoms with Crippen LogP contribution in [0.2, 0.25) is 0 Å². The van der Waals surface area contributed by atoms with Crippen molar-refractivity contribution >= 4 is 33.7 Å². The van der Waals surface area contributed by atoms with Gasteiger partial charge in [-0.1, -0.05) is 0 Å². The summed E-state index contributed by atoms with van der Waals surface area (Å²) >= 11 is 1.40. The second-order valence-electron chi connectivity index (χ2n) is 5.58. The van der Waals surface area contributed by atoms with Gasteiger partial charge in [0.15, 0.2) is 0 Å². The molecule has 0 bridgehead atoms. The van der Waals surface area contributed by atoms with Gasteiger partial charge in [-0.05, 0) is 30.7 Å². The summed E-state index contributed by atoms with van der Waals surface area (Å²) < 4.78 is 27.7. The summed E-state index contributed by atoms with van der Waals surface area (Å²) in [5.74, 6) is -0.00400. The Kier molecular flexibility index (Phi) is 6.68. The lowest BCUT2D eigenvalue weighted by Crippen LogP contribution is -2.31. The molecule has 1 aliphatic rings. The maximum atomic E-state index is 12.0. The van der Waals surface area contributed by atoms with Gasteiger partial charge in [0.25, 0.3) is 0 Å². The van der Waals surface area contributed by atoms with E-state index in [0.717, 1.165) is 0 Å². The smallest absolute Gasteiger partial charge is 0.308 e. The van der Waals surface area contributed by atoms with Gasteiger partial charge in [0.1, 0.15) is 5.75 Å². The van der Waals surface area contributed by atoms with Crippen molar-refractivity contribution < 1.29 is 27.9 Å². The lowest BCUT2D eigenvalue weighted by molar-refractivity contribution is -0.141. The molecule has 1 aromatic carbocycles. The van der Waals surface area contributed by atoms with Crippen LogP contribution in [0.4, 0.5) is 0 Å². The SMILES string of the molecule is NS(=O)(=O)c1ccc(OCCSCC(=O)N2CCC(C(=O)O)C2)cc1. The third-order valence-electron chi connectivity index (χ3n) is 3.76. The van der Waals surface area contributed by atoms with E-state index >= 15 is 0 Å². The number of hydrogen-bond donors (Lipinski definition) is 2. The van der Waals surface area contributed by atoms with Crippen molar-refractivity contribution in [2.45, 2.75) is 11.3 Å². The van der Waals surface area contributed by atoms with Crippen molar-refractivity contribution in [3.8, 4) is 5.75 Å². The van der Waals surface area contributed by atoms with E-state index in [1.54, 1.807) is 4.90 Å². The molecule has 2 rings (SSSR count). The van der Waals surface area contributed by atoms with Gasteiger partial charge in [-0.2, -0.15) is 0 Å². The Labute approximate surface area is 150 Å². The quantitative estimate of drug-likeness (QED) is 0.616. The Bertz CT molecular complexity index is 720. The van der Waals surface area contributed by atoms with Crippen LogP contribution in [0.1, 0.15) is 6.42 Å². The fraction of sp³-hybridized carbons (Fsp3) is 0.467. The second kappa shape index (κ2) is 8.54. The summed E-state index contributed by atoms with van der Waals surface area (Å²) in [4.78, 5) is 24.5. The molecule has 1 heterocycles. The number of rotatable bonds is 8. The molecule has 0 saturated carbocycles. The second-order valence-corrected chi connectivity index (χ2v) is 8.25. The van der Waals surface area contributed by atoms with Crippen molar-refractivity contribution in [3.63, 3.8) is 0 Å². The first-order valence-corrected chi connectivity index (χ1v) is 10.3. The Morgan fingerprint density at radius 2 is 2.00 bits per heavy atom. The van der Waals surface area contributed by atoms with Crippen LogP contribution >= 0.6 is 11.8 Å². The number of sulfonamides is 1. The van der Waals surface area contributed by atoms with Crippen LogP contribution in [0.3, 0.4) is 0 Å². The molecule has 0 spiro atoms. The molecule has 0 aliphatic carbocycles. The summed E-state index contributed by atoms with van der Waals surface area (Å²) in [6, 6.07) is 5.78. The first kappa shape index (κ1) is 19.5. The summed E-state index contributed by atoms with van der Waals surface area (Å²) in [6.45, 7) is 1.13. The third-order valence-corrected chi connectivity index (χ3v) is 5.60. The number of carbonyl (C=O) groups is 2. The number of amides is 1. The predicted octanol–water partition coefficient (Wildman–Crippen LogP) is 0.379. The number of aliphatic carboxylic acids is 1. The molecule has 1 saturated heterocycles. The van der Waals surface area contributed by atoms with Gasteiger partial charge < -0.3 is 14.7 Å². The minimum Gasteiger partial charge on any atom is -0.493 e. The molecule has 0 radical (unpaired) electrons. The van der Waals surface area contributed by atoms with E-state index in [1.165, 1.54) is 36.0 Å². The summed E-state index contributed by atoms with van der Waals surface area (Å²) in [5, 5.41) is 13.9. The van der Waals surface area contributed by atoms with Crippen molar-refractivity contribution in [1.29, 1.82) is 0 Å². The van der Waals surface area contributed by atoms with Crippen LogP contribution in [0.15, 0.2) is 29.2 Å². The van der Waals surface area contributed by atoms with Gasteiger partial charge in [-0.15, -0.1) is 11.8 Å². The predicted molar refractivity (Wildman–Crippen MR) is 93.0 cm³/mol. The van der Waals surface area contributed by atoms with E-state index in [-0.39, 0.29) is 23.1 Å². The number of likely N-dealkylation sites (tertiary alicyclic amines) is 1. The lowest BCUT2D eigenvalue weighted by atomic mass is 10.1. The topological polar surface area (TPSA) is 127 Å². The van der Waals surface area contributed by atoms with Crippen molar-refractivity contribution in [3.05, 3.63) is 24.3 Å². The van der Waals surface area contributed by atoms with E-state index in [4.69, 9.17) is 15.0 Å². The monoisotopic (exact) mass is 388 g/mol. The Morgan fingerprint density at radius 1 is 1.32 bits per heavy atom. The van der Waals surface area contributed by atoms with Gasteiger partial charge in [0, 0.05) is 18.8 Å². The highest BCUT2D eigenvalue weighted by Crippen LogP contribution is 2.18. The molecule has 1 aliphatic heterocycles. The van der Waals surface area contributed by atoms with Gasteiger partial charge >= 0.3 is 5.97 Å². The highest BCUT2D eigenvalue weighted by atomic mass is 32.2. The fourth-order valence-electron chi connectivity index (χ4n) is 2.38. The average Bonchev–Trinajstić information content (AvgIpc) is 3.04. The van der Waals surface area contributed by atoms with Gasteiger partial charge in [0.2, 0.25) is 15.9 Å². The normalized spacial score (nSPS) is 17.5. The number of nitrogens with two attached hydrogens (primary N) is 1. The number of benzene rings is 1. The molecule has 1 unspecified atom stereocenters. The molecular weight excluding hydrogens is 368 g/mol. The number of nitrogens with zero attached hydrogens (tertiary/aromatic N) is 1. The number of carboxylic acids is 1. The average molecular weight is 388 g/mol. The van der Waals surface area contributed by atoms with Crippen molar-refractivity contribution in [1.82, 2.24) is 4.90 Å². The maximum Gasteiger partial charge on any atom is 0.308 e. The summed E-state index contributed by atoms with van der Waals surface area (Å²) in [7, 11) is -3.71. The first-order valence-electron chi connectivity index (χ1n) is 7.61. The van der Waals surface area contributed by atoms with E-state index < -0.39 is 21.9 Å². The van der Waals surface area contributed by atoms with Crippen LogP contribution in [0.25, 0.3) is 0 Å². The van der Waals surface area contributed by atoms with Crippen LogP contribution in [0, 0.1) is 5.92 Å². The Morgan fingerprint density at radius 3 is 2.56 bits per heavy atom. The Balaban J connectivity index is 1.65. The van der Waals surface area contributed by atoms with Crippen LogP contribution < -0.4 is 9.88 Å². The number of carboxylic acid groups (broad SMARTS) is 1. The molecule has 138 valence electrons. The van der Waals surface area contributed by atoms with Crippen LogP contribution in [0.5, 0.6) is 5.75 Å². The third kappa shape index (κ3) is 5.91. The van der Waals surface area contributed by atoms with Crippen molar-refractivity contribution in [2.24, 2.45) is 11.1 Å². The fourth-order valence-corrected chi connectivity index (χ4v) is 3.60. The standard InChI is InChI=1S/C15H20N2O6S2/c16-25(21,22)13-3-1-12(2-4-13)23-7-8-24-10-14(18)17-6-5-11(9-17)15(19)20/h1-4,11H,5-10H2,(H,19,20)(H2,16,21,22). The number of carbonyl (C=O) groups excluding carboxylic acids is 1. The highest BCUT2D eigenvalue weighted by Gasteiger charge is 2.30. The molecule has 1 aromatic rings. The lowest BCUT2D eigenvalue weighted by Gasteiger charge is -2.15. The minimum absolute atomic E-state index is 0.0186. The molecule has 1 fully saturated rings. The van der Waals surface area contributed by atoms with Gasteiger partial charge in [-0.3, -0.25) is 9.59 Å². The first-order chi connectivity index (χ1) is 11.8. The summed E-state index contributed by atoms with van der Waals surface area (Å²) in [5.41, 5.74) is 0. The Hall–Kier alpha value is -1.78. The molecule has 8 nitrogen and oxygen atoms in total. The summed E-state index contributed by atoms with van der Waals surface area (Å²) in [6.07, 6.45) is 0.503. The highest BCUT2D eigenvalue weighted by molar-refractivity contribution is 7.99. The van der Waals surface area contributed by atoms with Gasteiger partial charge in [-0.25, -0.2) is 13.6 Å². The molecule has 1 amide bonds. The molecular formula is C15H20N2O6S2. The van der Waals surface area contributed by atoms with E-state index in [2.05, 4.69) is 0 Å². The van der Waals surface area contributed by atoms with E-state index in [9.17, 15) is 18.0 Å². The molecule has 25 heavy (non-hydrogen) atoms. The van der Waals surface area contributed by atoms with Gasteiger partial charge in [0.05, 0.1) is 23.2 Å². The van der Waals surface area contributed by atoms with E-state index in [0.29, 0.717) is 31.1 Å². The maximum absolute atomic E-state index is 12.0. The van der Waals surface area contributed by atoms with Crippen molar-refractivity contribution in [2.75, 3.05) is 31.2 Å². The molecule has 0 aromatic heterocycles. The molecule has 3 N–H and O–H groups in total. The zero-order valence-corrected chi connectivity index (χ0v) is 15.1. The number of primary sulfonamides is 1. The number of ether oxygens (including phenoxy) is 1. The number of thioether (sulfide) groups is 1. The number of hydrogen-bond acceptors (Lipinski definition) is 6. The largest absolute Gasteiger partial charge is 0.493 e. The van der Waals surface area contributed by atoms with Crippen LogP contribution in [-0.2, 0) is 19.6 Å².